The maximum absolute atomic E-state index is 5.68. The summed E-state index contributed by atoms with van der Waals surface area (Å²) in [7, 11) is 0. The lowest BCUT2D eigenvalue weighted by atomic mass is 9.97. The predicted octanol–water partition coefficient (Wildman–Crippen LogP) is 2.46. The Morgan fingerprint density at radius 1 is 1.17 bits per heavy atom. The van der Waals surface area contributed by atoms with Crippen LogP contribution in [-0.2, 0) is 9.47 Å². The van der Waals surface area contributed by atoms with Gasteiger partial charge >= 0.3 is 0 Å². The SMILES string of the molecule is CCNC(=NCC(C1CCOC1)N1CCOCC1)NCC(C)Sc1ccccc1. The maximum atomic E-state index is 5.68. The van der Waals surface area contributed by atoms with Crippen molar-refractivity contribution in [2.75, 3.05) is 59.2 Å². The van der Waals surface area contributed by atoms with Crippen LogP contribution in [0, 0.1) is 5.92 Å². The van der Waals surface area contributed by atoms with Crippen LogP contribution in [0.1, 0.15) is 20.3 Å². The van der Waals surface area contributed by atoms with Gasteiger partial charge in [0.15, 0.2) is 5.96 Å². The number of rotatable bonds is 9. The van der Waals surface area contributed by atoms with Crippen molar-refractivity contribution in [3.8, 4) is 0 Å². The lowest BCUT2D eigenvalue weighted by Gasteiger charge is -2.36. The standard InChI is InChI=1S/C22H36N4O2S/c1-3-23-22(24-15-18(2)29-20-7-5-4-6-8-20)25-16-21(19-9-12-28-17-19)26-10-13-27-14-11-26/h4-8,18-19,21H,3,9-17H2,1-2H3,(H2,23,24,25). The molecule has 2 aliphatic rings. The Hall–Kier alpha value is -1.28. The fraction of sp³-hybridized carbons (Fsp3) is 0.682. The number of hydrogen-bond acceptors (Lipinski definition) is 5. The first-order valence-corrected chi connectivity index (χ1v) is 11.8. The van der Waals surface area contributed by atoms with E-state index in [-0.39, 0.29) is 0 Å². The lowest BCUT2D eigenvalue weighted by molar-refractivity contribution is 0.00368. The molecule has 6 nitrogen and oxygen atoms in total. The molecule has 0 aromatic heterocycles. The van der Waals surface area contributed by atoms with Crippen LogP contribution >= 0.6 is 11.8 Å². The zero-order chi connectivity index (χ0) is 20.3. The summed E-state index contributed by atoms with van der Waals surface area (Å²) in [4.78, 5) is 8.81. The summed E-state index contributed by atoms with van der Waals surface area (Å²) in [5, 5.41) is 7.40. The van der Waals surface area contributed by atoms with Crippen LogP contribution in [-0.4, -0.2) is 81.3 Å². The van der Waals surface area contributed by atoms with E-state index in [0.29, 0.717) is 17.2 Å². The number of thioether (sulfide) groups is 1. The highest BCUT2D eigenvalue weighted by Gasteiger charge is 2.31. The van der Waals surface area contributed by atoms with E-state index >= 15 is 0 Å². The molecule has 0 bridgehead atoms. The summed E-state index contributed by atoms with van der Waals surface area (Å²) in [5.41, 5.74) is 0. The van der Waals surface area contributed by atoms with Gasteiger partial charge in [0, 0.05) is 54.9 Å². The number of morpholine rings is 1. The van der Waals surface area contributed by atoms with Crippen LogP contribution in [0.3, 0.4) is 0 Å². The topological polar surface area (TPSA) is 58.1 Å². The Bertz CT molecular complexity index is 604. The summed E-state index contributed by atoms with van der Waals surface area (Å²) < 4.78 is 11.2. The van der Waals surface area contributed by atoms with Crippen LogP contribution in [0.4, 0.5) is 0 Å². The number of guanidine groups is 1. The summed E-state index contributed by atoms with van der Waals surface area (Å²) in [6, 6.07) is 11.0. The Morgan fingerprint density at radius 3 is 2.66 bits per heavy atom. The van der Waals surface area contributed by atoms with Crippen molar-refractivity contribution in [3.05, 3.63) is 30.3 Å². The van der Waals surface area contributed by atoms with Gasteiger partial charge < -0.3 is 20.1 Å². The highest BCUT2D eigenvalue weighted by Crippen LogP contribution is 2.23. The molecule has 1 aromatic carbocycles. The molecule has 1 aromatic rings. The molecule has 3 unspecified atom stereocenters. The second kappa shape index (κ2) is 12.4. The Labute approximate surface area is 179 Å². The minimum absolute atomic E-state index is 0.424. The number of benzene rings is 1. The predicted molar refractivity (Wildman–Crippen MR) is 121 cm³/mol. The molecule has 0 amide bonds. The molecule has 2 heterocycles. The number of nitrogens with zero attached hydrogens (tertiary/aromatic N) is 2. The smallest absolute Gasteiger partial charge is 0.191 e. The highest BCUT2D eigenvalue weighted by atomic mass is 32.2. The van der Waals surface area contributed by atoms with Crippen molar-refractivity contribution in [1.29, 1.82) is 0 Å². The van der Waals surface area contributed by atoms with Crippen LogP contribution in [0.15, 0.2) is 40.2 Å². The Morgan fingerprint density at radius 2 is 1.97 bits per heavy atom. The van der Waals surface area contributed by atoms with Gasteiger partial charge in [0.1, 0.15) is 0 Å². The van der Waals surface area contributed by atoms with E-state index in [4.69, 9.17) is 14.5 Å². The van der Waals surface area contributed by atoms with E-state index in [1.807, 2.05) is 11.8 Å². The average Bonchev–Trinajstić information content (AvgIpc) is 3.28. The zero-order valence-corrected chi connectivity index (χ0v) is 18.6. The Kier molecular flexibility index (Phi) is 9.60. The summed E-state index contributed by atoms with van der Waals surface area (Å²) in [6.07, 6.45) is 1.13. The molecule has 162 valence electrons. The average molecular weight is 421 g/mol. The normalized spacial score (nSPS) is 23.0. The molecule has 7 heteroatoms. The van der Waals surface area contributed by atoms with E-state index in [0.717, 1.165) is 71.5 Å². The van der Waals surface area contributed by atoms with Gasteiger partial charge in [-0.3, -0.25) is 9.89 Å². The fourth-order valence-corrected chi connectivity index (χ4v) is 4.81. The summed E-state index contributed by atoms with van der Waals surface area (Å²) in [6.45, 7) is 12.3. The number of aliphatic imine (C=N–C) groups is 1. The first-order valence-electron chi connectivity index (χ1n) is 10.9. The fourth-order valence-electron chi connectivity index (χ4n) is 3.87. The maximum Gasteiger partial charge on any atom is 0.191 e. The van der Waals surface area contributed by atoms with Crippen LogP contribution in [0.2, 0.25) is 0 Å². The quantitative estimate of drug-likeness (QED) is 0.364. The minimum Gasteiger partial charge on any atom is -0.381 e. The third-order valence-corrected chi connectivity index (χ3v) is 6.56. The van der Waals surface area contributed by atoms with Crippen LogP contribution in [0.5, 0.6) is 0 Å². The first-order chi connectivity index (χ1) is 14.3. The van der Waals surface area contributed by atoms with Gasteiger partial charge in [-0.1, -0.05) is 25.1 Å². The molecule has 2 fully saturated rings. The molecule has 29 heavy (non-hydrogen) atoms. The first kappa shape index (κ1) is 22.4. The van der Waals surface area contributed by atoms with Crippen molar-refractivity contribution >= 4 is 17.7 Å². The van der Waals surface area contributed by atoms with Crippen molar-refractivity contribution in [2.45, 2.75) is 36.5 Å². The number of hydrogen-bond donors (Lipinski definition) is 2. The van der Waals surface area contributed by atoms with E-state index in [9.17, 15) is 0 Å². The third kappa shape index (κ3) is 7.48. The van der Waals surface area contributed by atoms with Crippen molar-refractivity contribution in [3.63, 3.8) is 0 Å². The van der Waals surface area contributed by atoms with Gasteiger partial charge in [-0.05, 0) is 25.5 Å². The second-order valence-corrected chi connectivity index (χ2v) is 9.19. The molecule has 0 aliphatic carbocycles. The van der Waals surface area contributed by atoms with E-state index in [2.05, 4.69) is 59.7 Å². The molecule has 3 atom stereocenters. The third-order valence-electron chi connectivity index (χ3n) is 5.44. The summed E-state index contributed by atoms with van der Waals surface area (Å²) in [5.74, 6) is 1.47. The monoisotopic (exact) mass is 420 g/mol. The van der Waals surface area contributed by atoms with Crippen molar-refractivity contribution in [1.82, 2.24) is 15.5 Å². The van der Waals surface area contributed by atoms with Crippen molar-refractivity contribution < 1.29 is 9.47 Å². The van der Waals surface area contributed by atoms with E-state index < -0.39 is 0 Å². The van der Waals surface area contributed by atoms with Gasteiger partial charge in [-0.15, -0.1) is 11.8 Å². The van der Waals surface area contributed by atoms with Gasteiger partial charge in [0.2, 0.25) is 0 Å². The number of ether oxygens (including phenoxy) is 2. The molecule has 0 saturated carbocycles. The highest BCUT2D eigenvalue weighted by molar-refractivity contribution is 8.00. The molecule has 0 spiro atoms. The molecule has 2 saturated heterocycles. The molecule has 0 radical (unpaired) electrons. The molecular formula is C22H36N4O2S. The largest absolute Gasteiger partial charge is 0.381 e. The van der Waals surface area contributed by atoms with Gasteiger partial charge in [0.05, 0.1) is 26.4 Å². The van der Waals surface area contributed by atoms with Gasteiger partial charge in [-0.25, -0.2) is 0 Å². The zero-order valence-electron chi connectivity index (χ0n) is 17.8. The minimum atomic E-state index is 0.424. The van der Waals surface area contributed by atoms with Gasteiger partial charge in [0.25, 0.3) is 0 Å². The van der Waals surface area contributed by atoms with Crippen molar-refractivity contribution in [2.24, 2.45) is 10.9 Å². The lowest BCUT2D eigenvalue weighted by Crippen LogP contribution is -2.49. The second-order valence-electron chi connectivity index (χ2n) is 7.68. The Balaban J connectivity index is 1.55. The van der Waals surface area contributed by atoms with Crippen LogP contribution in [0.25, 0.3) is 0 Å². The molecule has 3 rings (SSSR count). The molecular weight excluding hydrogens is 384 g/mol. The van der Waals surface area contributed by atoms with E-state index in [1.54, 1.807) is 0 Å². The number of nitrogens with one attached hydrogen (secondary N) is 2. The molecule has 2 aliphatic heterocycles. The molecule has 2 N–H and O–H groups in total. The van der Waals surface area contributed by atoms with E-state index in [1.165, 1.54) is 4.90 Å². The summed E-state index contributed by atoms with van der Waals surface area (Å²) >= 11 is 1.89. The van der Waals surface area contributed by atoms with Gasteiger partial charge in [-0.2, -0.15) is 0 Å². The van der Waals surface area contributed by atoms with Crippen LogP contribution < -0.4 is 10.6 Å².